The van der Waals surface area contributed by atoms with Gasteiger partial charge in [0.2, 0.25) is 0 Å². The fourth-order valence-electron chi connectivity index (χ4n) is 1.51. The van der Waals surface area contributed by atoms with E-state index >= 15 is 0 Å². The van der Waals surface area contributed by atoms with Crippen molar-refractivity contribution in [3.05, 3.63) is 34.3 Å². The molecule has 1 amide bonds. The molecule has 0 aliphatic heterocycles. The van der Waals surface area contributed by atoms with E-state index in [1.54, 1.807) is 12.1 Å². The average molecular weight is 250 g/mol. The number of terminal acetylenes is 1. The van der Waals surface area contributed by atoms with Gasteiger partial charge in [-0.2, -0.15) is 0 Å². The number of nitrogens with one attached hydrogen (secondary N) is 1. The summed E-state index contributed by atoms with van der Waals surface area (Å²) in [6.45, 7) is 3.92. The minimum atomic E-state index is -0.169. The molecule has 0 radical (unpaired) electrons. The Balaban J connectivity index is 2.79. The first-order chi connectivity index (χ1) is 8.08. The maximum atomic E-state index is 12.0. The van der Waals surface area contributed by atoms with Crippen molar-refractivity contribution in [3.63, 3.8) is 0 Å². The number of hydrogen-bond donors (Lipinski definition) is 1. The van der Waals surface area contributed by atoms with Crippen molar-refractivity contribution in [3.8, 4) is 12.3 Å². The number of amides is 1. The van der Waals surface area contributed by atoms with Crippen LogP contribution in [-0.2, 0) is 0 Å². The van der Waals surface area contributed by atoms with Crippen LogP contribution in [0.15, 0.2) is 18.2 Å². The van der Waals surface area contributed by atoms with Crippen LogP contribution in [0.3, 0.4) is 0 Å². The highest BCUT2D eigenvalue weighted by molar-refractivity contribution is 6.33. The number of carbonyl (C=O) groups is 1. The van der Waals surface area contributed by atoms with Crippen LogP contribution < -0.4 is 5.32 Å². The molecule has 0 aliphatic carbocycles. The lowest BCUT2D eigenvalue weighted by molar-refractivity contribution is 0.0937. The van der Waals surface area contributed by atoms with E-state index in [4.69, 9.17) is 18.0 Å². The van der Waals surface area contributed by atoms with Gasteiger partial charge >= 0.3 is 0 Å². The second-order valence-electron chi connectivity index (χ2n) is 3.97. The second kappa shape index (κ2) is 6.32. The standard InChI is InChI=1S/C14H16ClNO/c1-4-6-11(5-2)16-14(17)12-8-7-10(3)9-13(12)15/h1,7-9,11H,5-6H2,2-3H3,(H,16,17). The van der Waals surface area contributed by atoms with E-state index in [1.165, 1.54) is 0 Å². The molecule has 1 N–H and O–H groups in total. The molecule has 0 aliphatic rings. The number of halogens is 1. The lowest BCUT2D eigenvalue weighted by atomic mass is 10.1. The smallest absolute Gasteiger partial charge is 0.253 e. The highest BCUT2D eigenvalue weighted by Crippen LogP contribution is 2.17. The molecule has 0 spiro atoms. The largest absolute Gasteiger partial charge is 0.348 e. The van der Waals surface area contributed by atoms with Crippen LogP contribution in [0, 0.1) is 19.3 Å². The molecule has 1 unspecified atom stereocenters. The molecule has 1 atom stereocenters. The van der Waals surface area contributed by atoms with Crippen LogP contribution in [-0.4, -0.2) is 11.9 Å². The van der Waals surface area contributed by atoms with Crippen LogP contribution in [0.1, 0.15) is 35.7 Å². The monoisotopic (exact) mass is 249 g/mol. The number of carbonyl (C=O) groups excluding carboxylic acids is 1. The van der Waals surface area contributed by atoms with Crippen molar-refractivity contribution >= 4 is 17.5 Å². The van der Waals surface area contributed by atoms with Gasteiger partial charge in [-0.25, -0.2) is 0 Å². The first kappa shape index (κ1) is 13.6. The van der Waals surface area contributed by atoms with E-state index in [1.807, 2.05) is 19.9 Å². The Morgan fingerprint density at radius 1 is 1.59 bits per heavy atom. The molecule has 0 aromatic heterocycles. The Labute approximate surface area is 107 Å². The van der Waals surface area contributed by atoms with Gasteiger partial charge < -0.3 is 5.32 Å². The predicted molar refractivity (Wildman–Crippen MR) is 71.2 cm³/mol. The third-order valence-corrected chi connectivity index (χ3v) is 2.87. The molecule has 0 fully saturated rings. The van der Waals surface area contributed by atoms with E-state index in [0.717, 1.165) is 12.0 Å². The summed E-state index contributed by atoms with van der Waals surface area (Å²) in [5.74, 6) is 2.38. The lowest BCUT2D eigenvalue weighted by Crippen LogP contribution is -2.34. The zero-order valence-corrected chi connectivity index (χ0v) is 10.8. The molecule has 1 aromatic carbocycles. The minimum absolute atomic E-state index is 0.00451. The molecule has 0 saturated heterocycles. The Morgan fingerprint density at radius 3 is 2.82 bits per heavy atom. The molecule has 1 aromatic rings. The van der Waals surface area contributed by atoms with Gasteiger partial charge in [-0.1, -0.05) is 24.6 Å². The summed E-state index contributed by atoms with van der Waals surface area (Å²) in [4.78, 5) is 12.0. The Bertz CT molecular complexity index is 448. The molecule has 17 heavy (non-hydrogen) atoms. The maximum Gasteiger partial charge on any atom is 0.253 e. The Kier molecular flexibility index (Phi) is 5.06. The van der Waals surface area contributed by atoms with E-state index in [0.29, 0.717) is 17.0 Å². The topological polar surface area (TPSA) is 29.1 Å². The van der Waals surface area contributed by atoms with Crippen LogP contribution in [0.25, 0.3) is 0 Å². The van der Waals surface area contributed by atoms with Crippen molar-refractivity contribution < 1.29 is 4.79 Å². The van der Waals surface area contributed by atoms with Gasteiger partial charge in [-0.3, -0.25) is 4.79 Å². The van der Waals surface area contributed by atoms with Crippen LogP contribution >= 0.6 is 11.6 Å². The van der Waals surface area contributed by atoms with Gasteiger partial charge in [-0.15, -0.1) is 12.3 Å². The summed E-state index contributed by atoms with van der Waals surface area (Å²) in [7, 11) is 0. The molecule has 0 saturated carbocycles. The lowest BCUT2D eigenvalue weighted by Gasteiger charge is -2.14. The van der Waals surface area contributed by atoms with Crippen molar-refractivity contribution in [1.82, 2.24) is 5.32 Å². The third kappa shape index (κ3) is 3.80. The van der Waals surface area contributed by atoms with Gasteiger partial charge in [0.05, 0.1) is 10.6 Å². The molecular weight excluding hydrogens is 234 g/mol. The van der Waals surface area contributed by atoms with Gasteiger partial charge in [0.25, 0.3) is 5.91 Å². The van der Waals surface area contributed by atoms with E-state index in [9.17, 15) is 4.79 Å². The zero-order valence-electron chi connectivity index (χ0n) is 10.1. The second-order valence-corrected chi connectivity index (χ2v) is 4.38. The van der Waals surface area contributed by atoms with Gasteiger partial charge in [0.1, 0.15) is 0 Å². The normalized spacial score (nSPS) is 11.6. The highest BCUT2D eigenvalue weighted by Gasteiger charge is 2.13. The zero-order chi connectivity index (χ0) is 12.8. The fourth-order valence-corrected chi connectivity index (χ4v) is 1.83. The van der Waals surface area contributed by atoms with Crippen LogP contribution in [0.5, 0.6) is 0 Å². The molecule has 0 bridgehead atoms. The number of aryl methyl sites for hydroxylation is 1. The summed E-state index contributed by atoms with van der Waals surface area (Å²) in [5.41, 5.74) is 1.52. The minimum Gasteiger partial charge on any atom is -0.348 e. The van der Waals surface area contributed by atoms with E-state index in [-0.39, 0.29) is 11.9 Å². The van der Waals surface area contributed by atoms with Gasteiger partial charge in [0.15, 0.2) is 0 Å². The number of benzene rings is 1. The molecule has 1 rings (SSSR count). The van der Waals surface area contributed by atoms with Crippen molar-refractivity contribution in [2.75, 3.05) is 0 Å². The molecule has 0 heterocycles. The highest BCUT2D eigenvalue weighted by atomic mass is 35.5. The fraction of sp³-hybridized carbons (Fsp3) is 0.357. The Morgan fingerprint density at radius 2 is 2.29 bits per heavy atom. The number of rotatable bonds is 4. The molecular formula is C14H16ClNO. The first-order valence-corrected chi connectivity index (χ1v) is 5.96. The first-order valence-electron chi connectivity index (χ1n) is 5.59. The average Bonchev–Trinajstić information content (AvgIpc) is 2.28. The van der Waals surface area contributed by atoms with Crippen molar-refractivity contribution in [2.45, 2.75) is 32.7 Å². The maximum absolute atomic E-state index is 12.0. The van der Waals surface area contributed by atoms with Gasteiger partial charge in [-0.05, 0) is 31.0 Å². The van der Waals surface area contributed by atoms with E-state index < -0.39 is 0 Å². The van der Waals surface area contributed by atoms with Crippen LogP contribution in [0.4, 0.5) is 0 Å². The molecule has 2 nitrogen and oxygen atoms in total. The van der Waals surface area contributed by atoms with E-state index in [2.05, 4.69) is 11.2 Å². The summed E-state index contributed by atoms with van der Waals surface area (Å²) in [5, 5.41) is 3.35. The summed E-state index contributed by atoms with van der Waals surface area (Å²) in [6, 6.07) is 5.38. The van der Waals surface area contributed by atoms with Crippen molar-refractivity contribution in [1.29, 1.82) is 0 Å². The SMILES string of the molecule is C#CCC(CC)NC(=O)c1ccc(C)cc1Cl. The Hall–Kier alpha value is -1.46. The third-order valence-electron chi connectivity index (χ3n) is 2.56. The van der Waals surface area contributed by atoms with Gasteiger partial charge in [0, 0.05) is 12.5 Å². The summed E-state index contributed by atoms with van der Waals surface area (Å²) < 4.78 is 0. The quantitative estimate of drug-likeness (QED) is 0.816. The van der Waals surface area contributed by atoms with Crippen molar-refractivity contribution in [2.24, 2.45) is 0 Å². The summed E-state index contributed by atoms with van der Waals surface area (Å²) in [6.07, 6.45) is 6.58. The number of hydrogen-bond acceptors (Lipinski definition) is 1. The molecule has 90 valence electrons. The molecule has 3 heteroatoms. The summed E-state index contributed by atoms with van der Waals surface area (Å²) >= 11 is 6.03. The van der Waals surface area contributed by atoms with Crippen LogP contribution in [0.2, 0.25) is 5.02 Å². The predicted octanol–water partition coefficient (Wildman–Crippen LogP) is 3.18.